The Morgan fingerprint density at radius 1 is 0.867 bits per heavy atom. The fourth-order valence-corrected chi connectivity index (χ4v) is 7.06. The molecule has 45 heavy (non-hydrogen) atoms. The summed E-state index contributed by atoms with van der Waals surface area (Å²) < 4.78 is 30.1. The summed E-state index contributed by atoms with van der Waals surface area (Å²) in [5.41, 5.74) is 1.14. The number of rotatable bonds is 9. The van der Waals surface area contributed by atoms with Crippen LogP contribution in [-0.2, 0) is 4.74 Å². The van der Waals surface area contributed by atoms with E-state index in [0.29, 0.717) is 62.1 Å². The van der Waals surface area contributed by atoms with E-state index >= 15 is 4.39 Å². The number of hydrogen-bond donors (Lipinski definition) is 0. The smallest absolute Gasteiger partial charge is 0.259 e. The number of amides is 1. The molecule has 0 saturated carbocycles. The third kappa shape index (κ3) is 5.57. The first kappa shape index (κ1) is 29.7. The molecule has 1 amide bonds. The number of benzene rings is 3. The van der Waals surface area contributed by atoms with Crippen LogP contribution in [-0.4, -0.2) is 79.3 Å². The molecule has 4 heterocycles. The van der Waals surface area contributed by atoms with Crippen LogP contribution >= 0.6 is 0 Å². The number of morpholine rings is 1. The van der Waals surface area contributed by atoms with E-state index in [2.05, 4.69) is 16.7 Å². The molecule has 1 aromatic heterocycles. The van der Waals surface area contributed by atoms with Crippen LogP contribution in [0.3, 0.4) is 0 Å². The lowest BCUT2D eigenvalue weighted by Crippen LogP contribution is -2.47. The van der Waals surface area contributed by atoms with E-state index in [0.717, 1.165) is 36.1 Å². The topological polar surface area (TPSA) is 67.2 Å². The molecule has 0 atom stereocenters. The Balaban J connectivity index is 1.28. The average molecular weight is 613 g/mol. The standard InChI is InChI=1S/C36H41FN4O4/c1-2-3-4-5-6-9-14-38-15-17-39(18-16-38)33-29(37)23-27-32-35(33)45-30-13-12-25-10-7-8-11-26(25)31(30)41(32)24-28(34(27)42)36(43)40-19-21-44-22-20-40/h7-8,10-13,23-24H,2-6,9,14-22H2,1H3. The van der Waals surface area contributed by atoms with Gasteiger partial charge in [-0.15, -0.1) is 0 Å². The van der Waals surface area contributed by atoms with Crippen molar-refractivity contribution in [3.8, 4) is 17.2 Å². The van der Waals surface area contributed by atoms with Crippen molar-refractivity contribution >= 4 is 33.3 Å². The number of pyridine rings is 1. The highest BCUT2D eigenvalue weighted by atomic mass is 19.1. The maximum absolute atomic E-state index is 16.3. The summed E-state index contributed by atoms with van der Waals surface area (Å²) in [7, 11) is 0. The first-order chi connectivity index (χ1) is 22.0. The molecule has 3 aliphatic heterocycles. The molecule has 9 heteroatoms. The van der Waals surface area contributed by atoms with Crippen LogP contribution in [0.1, 0.15) is 55.8 Å². The van der Waals surface area contributed by atoms with E-state index < -0.39 is 11.2 Å². The van der Waals surface area contributed by atoms with E-state index in [1.54, 1.807) is 11.1 Å². The predicted molar refractivity (Wildman–Crippen MR) is 176 cm³/mol. The van der Waals surface area contributed by atoms with Crippen molar-refractivity contribution in [2.75, 3.05) is 63.9 Å². The third-order valence-electron chi connectivity index (χ3n) is 9.53. The Labute approximate surface area is 262 Å². The van der Waals surface area contributed by atoms with Gasteiger partial charge < -0.3 is 23.8 Å². The lowest BCUT2D eigenvalue weighted by Gasteiger charge is -2.38. The summed E-state index contributed by atoms with van der Waals surface area (Å²) in [4.78, 5) is 33.8. The lowest BCUT2D eigenvalue weighted by atomic mass is 10.0. The average Bonchev–Trinajstić information content (AvgIpc) is 3.07. The number of ether oxygens (including phenoxy) is 2. The second-order valence-electron chi connectivity index (χ2n) is 12.4. The van der Waals surface area contributed by atoms with Gasteiger partial charge >= 0.3 is 0 Å². The van der Waals surface area contributed by atoms with Crippen molar-refractivity contribution in [2.45, 2.75) is 45.4 Å². The van der Waals surface area contributed by atoms with Crippen molar-refractivity contribution in [1.29, 1.82) is 0 Å². The number of hydrogen-bond acceptors (Lipinski definition) is 6. The number of fused-ring (bicyclic) bond motifs is 4. The molecule has 3 aliphatic rings. The fourth-order valence-electron chi connectivity index (χ4n) is 7.06. The highest BCUT2D eigenvalue weighted by Crippen LogP contribution is 2.48. The Morgan fingerprint density at radius 2 is 1.62 bits per heavy atom. The molecule has 2 saturated heterocycles. The maximum Gasteiger partial charge on any atom is 0.259 e. The monoisotopic (exact) mass is 612 g/mol. The van der Waals surface area contributed by atoms with Crippen molar-refractivity contribution in [3.63, 3.8) is 0 Å². The maximum atomic E-state index is 16.3. The molecule has 2 fully saturated rings. The zero-order valence-corrected chi connectivity index (χ0v) is 26.0. The first-order valence-corrected chi connectivity index (χ1v) is 16.5. The molecule has 0 radical (unpaired) electrons. The number of unbranched alkanes of at least 4 members (excludes halogenated alkanes) is 5. The number of nitrogens with zero attached hydrogens (tertiary/aromatic N) is 4. The largest absolute Gasteiger partial charge is 0.451 e. The Bertz CT molecular complexity index is 1790. The van der Waals surface area contributed by atoms with E-state index in [-0.39, 0.29) is 16.9 Å². The van der Waals surface area contributed by atoms with E-state index in [4.69, 9.17) is 9.47 Å². The minimum atomic E-state index is -0.509. The van der Waals surface area contributed by atoms with Gasteiger partial charge in [0.1, 0.15) is 16.8 Å². The van der Waals surface area contributed by atoms with Crippen LogP contribution in [0.4, 0.5) is 10.1 Å². The number of anilines is 1. The zero-order chi connectivity index (χ0) is 30.9. The second-order valence-corrected chi connectivity index (χ2v) is 12.4. The van der Waals surface area contributed by atoms with Gasteiger partial charge in [0.2, 0.25) is 5.43 Å². The normalized spacial score (nSPS) is 16.7. The van der Waals surface area contributed by atoms with Crippen LogP contribution < -0.4 is 15.1 Å². The number of aromatic nitrogens is 1. The van der Waals surface area contributed by atoms with E-state index in [1.807, 2.05) is 41.0 Å². The molecule has 4 aromatic rings. The molecular formula is C36H41FN4O4. The summed E-state index contributed by atoms with van der Waals surface area (Å²) in [6.45, 7) is 7.95. The van der Waals surface area contributed by atoms with Gasteiger partial charge in [0.15, 0.2) is 17.3 Å². The van der Waals surface area contributed by atoms with Gasteiger partial charge in [-0.3, -0.25) is 14.5 Å². The molecule has 236 valence electrons. The van der Waals surface area contributed by atoms with Crippen LogP contribution in [0.5, 0.6) is 11.5 Å². The number of halogens is 1. The summed E-state index contributed by atoms with van der Waals surface area (Å²) in [5.74, 6) is 0.0181. The van der Waals surface area contributed by atoms with Crippen molar-refractivity contribution in [2.24, 2.45) is 0 Å². The number of carbonyl (C=O) groups excluding carboxylic acids is 1. The SMILES string of the molecule is CCCCCCCCN1CCN(c2c(F)cc3c(=O)c(C(=O)N4CCOCC4)cn4c3c2Oc2ccc3ccccc3c2-4)CC1. The molecule has 0 aliphatic carbocycles. The van der Waals surface area contributed by atoms with Gasteiger partial charge in [0.05, 0.1) is 24.3 Å². The molecule has 0 spiro atoms. The molecule has 7 rings (SSSR count). The highest BCUT2D eigenvalue weighted by Gasteiger charge is 2.33. The quantitative estimate of drug-likeness (QED) is 0.181. The highest BCUT2D eigenvalue weighted by molar-refractivity contribution is 6.04. The van der Waals surface area contributed by atoms with Crippen LogP contribution in [0.2, 0.25) is 0 Å². The molecule has 0 N–H and O–H groups in total. The van der Waals surface area contributed by atoms with Crippen LogP contribution in [0, 0.1) is 5.82 Å². The predicted octanol–water partition coefficient (Wildman–Crippen LogP) is 6.34. The summed E-state index contributed by atoms with van der Waals surface area (Å²) in [6.07, 6.45) is 9.23. The van der Waals surface area contributed by atoms with Gasteiger partial charge in [-0.05, 0) is 30.5 Å². The number of carbonyl (C=O) groups is 1. The van der Waals surface area contributed by atoms with Gasteiger partial charge in [-0.2, -0.15) is 0 Å². The van der Waals surface area contributed by atoms with Crippen molar-refractivity contribution < 1.29 is 18.7 Å². The molecule has 0 unspecified atom stereocenters. The number of piperazine rings is 1. The van der Waals surface area contributed by atoms with Gasteiger partial charge in [-0.1, -0.05) is 69.4 Å². The molecular weight excluding hydrogens is 571 g/mol. The Hall–Kier alpha value is -3.95. The minimum absolute atomic E-state index is 0.0200. The zero-order valence-electron chi connectivity index (χ0n) is 26.0. The van der Waals surface area contributed by atoms with Crippen LogP contribution in [0.15, 0.2) is 53.5 Å². The minimum Gasteiger partial charge on any atom is -0.451 e. The summed E-state index contributed by atoms with van der Waals surface area (Å²) in [5, 5.41) is 2.07. The molecule has 8 nitrogen and oxygen atoms in total. The third-order valence-corrected chi connectivity index (χ3v) is 9.53. The Kier molecular flexibility index (Phi) is 8.47. The van der Waals surface area contributed by atoms with E-state index in [9.17, 15) is 9.59 Å². The van der Waals surface area contributed by atoms with Crippen molar-refractivity contribution in [1.82, 2.24) is 14.4 Å². The first-order valence-electron chi connectivity index (χ1n) is 16.5. The van der Waals surface area contributed by atoms with Crippen LogP contribution in [0.25, 0.3) is 27.4 Å². The lowest BCUT2D eigenvalue weighted by molar-refractivity contribution is 0.0302. The molecule has 0 bridgehead atoms. The van der Waals surface area contributed by atoms with Crippen molar-refractivity contribution in [3.05, 3.63) is 70.3 Å². The van der Waals surface area contributed by atoms with E-state index in [1.165, 1.54) is 44.6 Å². The summed E-state index contributed by atoms with van der Waals surface area (Å²) in [6, 6.07) is 13.1. The second kappa shape index (κ2) is 12.8. The van der Waals surface area contributed by atoms with Gasteiger partial charge in [-0.25, -0.2) is 4.39 Å². The fraction of sp³-hybridized carbons (Fsp3) is 0.444. The summed E-state index contributed by atoms with van der Waals surface area (Å²) >= 11 is 0. The van der Waals surface area contributed by atoms with Gasteiger partial charge in [0.25, 0.3) is 5.91 Å². The molecule has 3 aromatic carbocycles. The Morgan fingerprint density at radius 3 is 2.42 bits per heavy atom. The van der Waals surface area contributed by atoms with Gasteiger partial charge in [0, 0.05) is 50.9 Å².